The molecule has 0 atom stereocenters. The summed E-state index contributed by atoms with van der Waals surface area (Å²) >= 11 is 0. The molecule has 0 radical (unpaired) electrons. The number of hydrogen-bond acceptors (Lipinski definition) is 3. The molecular formula is C14H22FN3. The molecule has 1 aromatic rings. The standard InChI is InChI=1S/C14H22FN3/c1-17-5-2-6-18(8-7-17)11-13-9-14(15)4-3-12(13)10-16/h3-4,9H,2,5-8,10-11,16H2,1H3. The molecule has 0 saturated carbocycles. The second kappa shape index (κ2) is 6.27. The Morgan fingerprint density at radius 1 is 1.17 bits per heavy atom. The van der Waals surface area contributed by atoms with E-state index in [2.05, 4.69) is 16.8 Å². The van der Waals surface area contributed by atoms with E-state index in [1.807, 2.05) is 0 Å². The normalized spacial score (nSPS) is 18.8. The van der Waals surface area contributed by atoms with Crippen molar-refractivity contribution in [2.45, 2.75) is 19.5 Å². The zero-order valence-electron chi connectivity index (χ0n) is 11.0. The summed E-state index contributed by atoms with van der Waals surface area (Å²) in [5.74, 6) is -0.172. The van der Waals surface area contributed by atoms with Crippen LogP contribution in [0.4, 0.5) is 4.39 Å². The maximum atomic E-state index is 13.3. The Balaban J connectivity index is 2.05. The summed E-state index contributed by atoms with van der Waals surface area (Å²) in [5, 5.41) is 0. The summed E-state index contributed by atoms with van der Waals surface area (Å²) < 4.78 is 13.3. The van der Waals surface area contributed by atoms with Crippen LogP contribution in [0.25, 0.3) is 0 Å². The van der Waals surface area contributed by atoms with Crippen molar-refractivity contribution in [3.63, 3.8) is 0 Å². The Hall–Kier alpha value is -0.970. The fraction of sp³-hybridized carbons (Fsp3) is 0.571. The molecule has 0 bridgehead atoms. The van der Waals surface area contributed by atoms with Gasteiger partial charge in [-0.05, 0) is 49.8 Å². The van der Waals surface area contributed by atoms with Gasteiger partial charge in [0.25, 0.3) is 0 Å². The lowest BCUT2D eigenvalue weighted by molar-refractivity contribution is 0.268. The van der Waals surface area contributed by atoms with E-state index in [-0.39, 0.29) is 5.82 Å². The first-order valence-corrected chi connectivity index (χ1v) is 6.57. The van der Waals surface area contributed by atoms with Crippen molar-refractivity contribution < 1.29 is 4.39 Å². The molecule has 1 aliphatic heterocycles. The minimum absolute atomic E-state index is 0.172. The lowest BCUT2D eigenvalue weighted by Gasteiger charge is -2.21. The molecule has 2 N–H and O–H groups in total. The van der Waals surface area contributed by atoms with Crippen molar-refractivity contribution in [1.29, 1.82) is 0 Å². The van der Waals surface area contributed by atoms with E-state index in [1.54, 1.807) is 12.1 Å². The average molecular weight is 251 g/mol. The molecular weight excluding hydrogens is 229 g/mol. The van der Waals surface area contributed by atoms with Crippen LogP contribution in [0.15, 0.2) is 18.2 Å². The quantitative estimate of drug-likeness (QED) is 0.882. The SMILES string of the molecule is CN1CCCN(Cc2cc(F)ccc2CN)CC1. The minimum atomic E-state index is -0.172. The Bertz CT molecular complexity index is 395. The third kappa shape index (κ3) is 3.51. The highest BCUT2D eigenvalue weighted by molar-refractivity contribution is 5.27. The van der Waals surface area contributed by atoms with Crippen LogP contribution < -0.4 is 5.73 Å². The van der Waals surface area contributed by atoms with Crippen LogP contribution >= 0.6 is 0 Å². The number of likely N-dealkylation sites (N-methyl/N-ethyl adjacent to an activating group) is 1. The molecule has 2 rings (SSSR count). The number of rotatable bonds is 3. The first-order chi connectivity index (χ1) is 8.69. The third-order valence-corrected chi connectivity index (χ3v) is 3.59. The van der Waals surface area contributed by atoms with Crippen molar-refractivity contribution in [3.8, 4) is 0 Å². The molecule has 3 nitrogen and oxygen atoms in total. The van der Waals surface area contributed by atoms with Crippen molar-refractivity contribution in [1.82, 2.24) is 9.80 Å². The number of halogens is 1. The molecule has 1 fully saturated rings. The van der Waals surface area contributed by atoms with E-state index in [0.29, 0.717) is 6.54 Å². The summed E-state index contributed by atoms with van der Waals surface area (Å²) in [4.78, 5) is 4.73. The summed E-state index contributed by atoms with van der Waals surface area (Å²) in [7, 11) is 2.15. The van der Waals surface area contributed by atoms with Gasteiger partial charge in [0.1, 0.15) is 5.82 Å². The fourth-order valence-corrected chi connectivity index (χ4v) is 2.44. The highest BCUT2D eigenvalue weighted by Crippen LogP contribution is 2.15. The highest BCUT2D eigenvalue weighted by atomic mass is 19.1. The summed E-state index contributed by atoms with van der Waals surface area (Å²) in [6.07, 6.45) is 1.17. The van der Waals surface area contributed by atoms with Crippen molar-refractivity contribution >= 4 is 0 Å². The Morgan fingerprint density at radius 2 is 2.00 bits per heavy atom. The predicted octanol–water partition coefficient (Wildman–Crippen LogP) is 1.42. The Labute approximate surface area is 108 Å². The Kier molecular flexibility index (Phi) is 4.69. The zero-order chi connectivity index (χ0) is 13.0. The summed E-state index contributed by atoms with van der Waals surface area (Å²) in [6, 6.07) is 4.91. The fourth-order valence-electron chi connectivity index (χ4n) is 2.44. The lowest BCUT2D eigenvalue weighted by Crippen LogP contribution is -2.29. The minimum Gasteiger partial charge on any atom is -0.326 e. The van der Waals surface area contributed by atoms with Crippen LogP contribution in [0.5, 0.6) is 0 Å². The molecule has 0 unspecified atom stereocenters. The van der Waals surface area contributed by atoms with Crippen LogP contribution in [0, 0.1) is 5.82 Å². The van der Waals surface area contributed by atoms with Crippen LogP contribution in [-0.2, 0) is 13.1 Å². The molecule has 0 aromatic heterocycles. The van der Waals surface area contributed by atoms with Crippen LogP contribution in [0.3, 0.4) is 0 Å². The van der Waals surface area contributed by atoms with Gasteiger partial charge >= 0.3 is 0 Å². The Morgan fingerprint density at radius 3 is 2.78 bits per heavy atom. The molecule has 1 aliphatic rings. The van der Waals surface area contributed by atoms with Gasteiger partial charge in [-0.1, -0.05) is 6.07 Å². The van der Waals surface area contributed by atoms with Crippen molar-refractivity contribution in [3.05, 3.63) is 35.1 Å². The van der Waals surface area contributed by atoms with Crippen molar-refractivity contribution in [2.75, 3.05) is 33.2 Å². The van der Waals surface area contributed by atoms with E-state index >= 15 is 0 Å². The molecule has 1 heterocycles. The van der Waals surface area contributed by atoms with Gasteiger partial charge in [-0.25, -0.2) is 4.39 Å². The molecule has 18 heavy (non-hydrogen) atoms. The predicted molar refractivity (Wildman–Crippen MR) is 71.7 cm³/mol. The average Bonchev–Trinajstić information content (AvgIpc) is 2.55. The van der Waals surface area contributed by atoms with Gasteiger partial charge in [0.05, 0.1) is 0 Å². The van der Waals surface area contributed by atoms with Gasteiger partial charge < -0.3 is 10.6 Å². The third-order valence-electron chi connectivity index (χ3n) is 3.59. The smallest absolute Gasteiger partial charge is 0.123 e. The molecule has 1 aromatic carbocycles. The van der Waals surface area contributed by atoms with E-state index in [1.165, 1.54) is 12.5 Å². The van der Waals surface area contributed by atoms with Gasteiger partial charge in [0, 0.05) is 26.2 Å². The van der Waals surface area contributed by atoms with Gasteiger partial charge in [-0.3, -0.25) is 4.90 Å². The van der Waals surface area contributed by atoms with Crippen molar-refractivity contribution in [2.24, 2.45) is 5.73 Å². The summed E-state index contributed by atoms with van der Waals surface area (Å²) in [6.45, 7) is 5.61. The van der Waals surface area contributed by atoms with Crippen LogP contribution in [0.2, 0.25) is 0 Å². The van der Waals surface area contributed by atoms with Gasteiger partial charge in [-0.15, -0.1) is 0 Å². The number of nitrogens with two attached hydrogens (primary N) is 1. The second-order valence-electron chi connectivity index (χ2n) is 5.05. The van der Waals surface area contributed by atoms with E-state index in [0.717, 1.165) is 43.9 Å². The molecule has 100 valence electrons. The number of nitrogens with zero attached hydrogens (tertiary/aromatic N) is 2. The highest BCUT2D eigenvalue weighted by Gasteiger charge is 2.14. The van der Waals surface area contributed by atoms with Gasteiger partial charge in [0.2, 0.25) is 0 Å². The topological polar surface area (TPSA) is 32.5 Å². The maximum absolute atomic E-state index is 13.3. The van der Waals surface area contributed by atoms with Crippen LogP contribution in [-0.4, -0.2) is 43.0 Å². The first kappa shape index (κ1) is 13.5. The monoisotopic (exact) mass is 251 g/mol. The van der Waals surface area contributed by atoms with Gasteiger partial charge in [0.15, 0.2) is 0 Å². The maximum Gasteiger partial charge on any atom is 0.123 e. The van der Waals surface area contributed by atoms with E-state index in [4.69, 9.17) is 5.73 Å². The number of hydrogen-bond donors (Lipinski definition) is 1. The van der Waals surface area contributed by atoms with Gasteiger partial charge in [-0.2, -0.15) is 0 Å². The van der Waals surface area contributed by atoms with Crippen LogP contribution in [0.1, 0.15) is 17.5 Å². The zero-order valence-corrected chi connectivity index (χ0v) is 11.0. The van der Waals surface area contributed by atoms with E-state index < -0.39 is 0 Å². The largest absolute Gasteiger partial charge is 0.326 e. The molecule has 4 heteroatoms. The number of benzene rings is 1. The molecule has 0 spiro atoms. The lowest BCUT2D eigenvalue weighted by atomic mass is 10.1. The summed E-state index contributed by atoms with van der Waals surface area (Å²) in [5.41, 5.74) is 7.79. The molecule has 0 amide bonds. The van der Waals surface area contributed by atoms with E-state index in [9.17, 15) is 4.39 Å². The second-order valence-corrected chi connectivity index (χ2v) is 5.05. The first-order valence-electron chi connectivity index (χ1n) is 6.57. The molecule has 1 saturated heterocycles. The molecule has 0 aliphatic carbocycles.